The van der Waals surface area contributed by atoms with Gasteiger partial charge in [0.25, 0.3) is 0 Å². The summed E-state index contributed by atoms with van der Waals surface area (Å²) in [6.45, 7) is 0. The molecule has 0 bridgehead atoms. The van der Waals surface area contributed by atoms with Crippen LogP contribution in [0, 0.1) is 0 Å². The van der Waals surface area contributed by atoms with Gasteiger partial charge in [0.2, 0.25) is 0 Å². The molecule has 0 unspecified atom stereocenters. The van der Waals surface area contributed by atoms with Gasteiger partial charge in [-0.1, -0.05) is 48.5 Å². The van der Waals surface area contributed by atoms with Crippen LogP contribution in [0.3, 0.4) is 0 Å². The maximum absolute atomic E-state index is 12.3. The third kappa shape index (κ3) is 1.43. The minimum Gasteiger partial charge on any atom is -0.294 e. The summed E-state index contributed by atoms with van der Waals surface area (Å²) in [7, 11) is 0. The van der Waals surface area contributed by atoms with Crippen LogP contribution in [0.25, 0.3) is 22.0 Å². The van der Waals surface area contributed by atoms with E-state index < -0.39 is 0 Å². The number of ketones is 1. The number of carbonyl (C=O) groups excluding carboxylic acids is 1. The Morgan fingerprint density at radius 3 is 2.53 bits per heavy atom. The van der Waals surface area contributed by atoms with Crippen LogP contribution >= 0.6 is 0 Å². The summed E-state index contributed by atoms with van der Waals surface area (Å²) in [6, 6.07) is 15.8. The standard InChI is InChI=1S/C17H11NO/c19-16-9-15-12-6-2-1-5-11(12)10-18-17(15)14-8-4-3-7-13(14)16/h1-8,10H,9H2. The van der Waals surface area contributed by atoms with Crippen molar-refractivity contribution in [3.05, 3.63) is 65.9 Å². The number of pyridine rings is 1. The molecule has 2 heteroatoms. The predicted octanol–water partition coefficient (Wildman–Crippen LogP) is 3.64. The third-order valence-electron chi connectivity index (χ3n) is 3.72. The first-order chi connectivity index (χ1) is 9.34. The molecule has 1 aliphatic rings. The van der Waals surface area contributed by atoms with Gasteiger partial charge in [-0.3, -0.25) is 9.78 Å². The molecule has 19 heavy (non-hydrogen) atoms. The highest BCUT2D eigenvalue weighted by Gasteiger charge is 2.24. The molecule has 1 heterocycles. The van der Waals surface area contributed by atoms with E-state index in [-0.39, 0.29) is 5.78 Å². The second-order valence-electron chi connectivity index (χ2n) is 4.82. The Balaban J connectivity index is 2.13. The zero-order chi connectivity index (χ0) is 12.8. The van der Waals surface area contributed by atoms with Crippen LogP contribution in [0.2, 0.25) is 0 Å². The van der Waals surface area contributed by atoms with Crippen LogP contribution in [0.5, 0.6) is 0 Å². The lowest BCUT2D eigenvalue weighted by molar-refractivity contribution is 0.0992. The fourth-order valence-electron chi connectivity index (χ4n) is 2.82. The zero-order valence-electron chi connectivity index (χ0n) is 10.3. The fourth-order valence-corrected chi connectivity index (χ4v) is 2.82. The van der Waals surface area contributed by atoms with E-state index in [0.717, 1.165) is 33.2 Å². The summed E-state index contributed by atoms with van der Waals surface area (Å²) in [5.41, 5.74) is 3.76. The maximum atomic E-state index is 12.3. The highest BCUT2D eigenvalue weighted by molar-refractivity contribution is 6.09. The van der Waals surface area contributed by atoms with Crippen molar-refractivity contribution in [1.29, 1.82) is 0 Å². The van der Waals surface area contributed by atoms with E-state index >= 15 is 0 Å². The lowest BCUT2D eigenvalue weighted by atomic mass is 9.86. The molecular formula is C17H11NO. The van der Waals surface area contributed by atoms with Crippen LogP contribution < -0.4 is 0 Å². The largest absolute Gasteiger partial charge is 0.294 e. The van der Waals surface area contributed by atoms with Crippen LogP contribution in [-0.4, -0.2) is 10.8 Å². The molecule has 90 valence electrons. The number of hydrogen-bond donors (Lipinski definition) is 0. The van der Waals surface area contributed by atoms with Gasteiger partial charge in [-0.25, -0.2) is 0 Å². The first kappa shape index (κ1) is 10.4. The Kier molecular flexibility index (Phi) is 2.06. The molecule has 4 rings (SSSR count). The van der Waals surface area contributed by atoms with E-state index in [0.29, 0.717) is 6.42 Å². The minimum absolute atomic E-state index is 0.182. The van der Waals surface area contributed by atoms with E-state index in [2.05, 4.69) is 11.1 Å². The minimum atomic E-state index is 0.182. The number of Topliss-reactive ketones (excluding diaryl/α,β-unsaturated/α-hetero) is 1. The Hall–Kier alpha value is -2.48. The molecule has 0 saturated carbocycles. The number of aromatic nitrogens is 1. The number of hydrogen-bond acceptors (Lipinski definition) is 2. The number of rotatable bonds is 0. The van der Waals surface area contributed by atoms with Gasteiger partial charge in [0.15, 0.2) is 5.78 Å². The van der Waals surface area contributed by atoms with Gasteiger partial charge in [0.1, 0.15) is 0 Å². The van der Waals surface area contributed by atoms with Crippen LogP contribution in [0.4, 0.5) is 0 Å². The van der Waals surface area contributed by atoms with Gasteiger partial charge >= 0.3 is 0 Å². The second-order valence-corrected chi connectivity index (χ2v) is 4.82. The molecule has 1 aromatic heterocycles. The maximum Gasteiger partial charge on any atom is 0.168 e. The van der Waals surface area contributed by atoms with Gasteiger partial charge in [-0.15, -0.1) is 0 Å². The highest BCUT2D eigenvalue weighted by atomic mass is 16.1. The lowest BCUT2D eigenvalue weighted by Gasteiger charge is -2.19. The summed E-state index contributed by atoms with van der Waals surface area (Å²) in [6.07, 6.45) is 2.33. The Morgan fingerprint density at radius 2 is 1.63 bits per heavy atom. The van der Waals surface area contributed by atoms with Gasteiger partial charge in [0.05, 0.1) is 5.69 Å². The number of fused-ring (bicyclic) bond motifs is 5. The van der Waals surface area contributed by atoms with Crippen LogP contribution in [0.1, 0.15) is 15.9 Å². The smallest absolute Gasteiger partial charge is 0.168 e. The zero-order valence-corrected chi connectivity index (χ0v) is 10.3. The van der Waals surface area contributed by atoms with E-state index in [1.165, 1.54) is 0 Å². The van der Waals surface area contributed by atoms with Gasteiger partial charge in [-0.2, -0.15) is 0 Å². The van der Waals surface area contributed by atoms with E-state index in [1.807, 2.05) is 48.7 Å². The van der Waals surface area contributed by atoms with Crippen molar-refractivity contribution in [2.75, 3.05) is 0 Å². The Morgan fingerprint density at radius 1 is 0.895 bits per heavy atom. The molecule has 0 aliphatic heterocycles. The first-order valence-electron chi connectivity index (χ1n) is 6.34. The molecule has 0 fully saturated rings. The molecule has 2 aromatic carbocycles. The van der Waals surface area contributed by atoms with E-state index in [9.17, 15) is 4.79 Å². The topological polar surface area (TPSA) is 30.0 Å². The predicted molar refractivity (Wildman–Crippen MR) is 75.2 cm³/mol. The van der Waals surface area contributed by atoms with E-state index in [4.69, 9.17) is 0 Å². The second kappa shape index (κ2) is 3.75. The van der Waals surface area contributed by atoms with E-state index in [1.54, 1.807) is 0 Å². The molecule has 0 amide bonds. The summed E-state index contributed by atoms with van der Waals surface area (Å²) in [4.78, 5) is 16.8. The SMILES string of the molecule is O=C1Cc2c(ncc3ccccc23)-c2ccccc21. The normalized spacial score (nSPS) is 13.2. The molecule has 2 nitrogen and oxygen atoms in total. The quantitative estimate of drug-likeness (QED) is 0.605. The average Bonchev–Trinajstić information content (AvgIpc) is 2.47. The number of benzene rings is 2. The molecule has 0 saturated heterocycles. The van der Waals surface area contributed by atoms with Crippen LogP contribution in [0.15, 0.2) is 54.7 Å². The average molecular weight is 245 g/mol. The summed E-state index contributed by atoms with van der Waals surface area (Å²) >= 11 is 0. The molecule has 0 radical (unpaired) electrons. The van der Waals surface area contributed by atoms with Crippen LogP contribution in [-0.2, 0) is 6.42 Å². The molecule has 1 aliphatic carbocycles. The summed E-state index contributed by atoms with van der Waals surface area (Å²) < 4.78 is 0. The number of nitrogens with zero attached hydrogens (tertiary/aromatic N) is 1. The molecule has 0 atom stereocenters. The molecule has 0 N–H and O–H groups in total. The summed E-state index contributed by atoms with van der Waals surface area (Å²) in [5.74, 6) is 0.182. The summed E-state index contributed by atoms with van der Waals surface area (Å²) in [5, 5.41) is 2.23. The Bertz CT molecular complexity index is 820. The monoisotopic (exact) mass is 245 g/mol. The highest BCUT2D eigenvalue weighted by Crippen LogP contribution is 2.35. The molecule has 0 spiro atoms. The molecular weight excluding hydrogens is 234 g/mol. The molecule has 3 aromatic rings. The first-order valence-corrected chi connectivity index (χ1v) is 6.34. The van der Waals surface area contributed by atoms with Gasteiger partial charge in [-0.05, 0) is 10.9 Å². The number of carbonyl (C=O) groups is 1. The van der Waals surface area contributed by atoms with Gasteiger partial charge in [0, 0.05) is 29.1 Å². The van der Waals surface area contributed by atoms with Crippen molar-refractivity contribution in [3.63, 3.8) is 0 Å². The van der Waals surface area contributed by atoms with Crippen molar-refractivity contribution in [3.8, 4) is 11.3 Å². The Labute approximate surface area is 110 Å². The lowest BCUT2D eigenvalue weighted by Crippen LogP contribution is -2.13. The third-order valence-corrected chi connectivity index (χ3v) is 3.72. The van der Waals surface area contributed by atoms with Gasteiger partial charge < -0.3 is 0 Å². The van der Waals surface area contributed by atoms with Crippen molar-refractivity contribution in [1.82, 2.24) is 4.98 Å². The fraction of sp³-hybridized carbons (Fsp3) is 0.0588. The van der Waals surface area contributed by atoms with Crippen molar-refractivity contribution < 1.29 is 4.79 Å². The van der Waals surface area contributed by atoms with Crippen molar-refractivity contribution in [2.45, 2.75) is 6.42 Å². The van der Waals surface area contributed by atoms with Crippen molar-refractivity contribution >= 4 is 16.6 Å². The van der Waals surface area contributed by atoms with Crippen molar-refractivity contribution in [2.24, 2.45) is 0 Å².